The number of carbonyl (C=O) groups excluding carboxylic acids is 1. The number of ether oxygens (including phenoxy) is 2. The molecule has 0 saturated heterocycles. The minimum absolute atomic E-state index is 0.00991. The fourth-order valence-electron chi connectivity index (χ4n) is 6.29. The molecule has 2 unspecified atom stereocenters. The standard InChI is InChI=1S/C20H24F2O5S/c1-24-16-4-2-15(3-5-16)19-9-13-6-14(10-19)8-18(7-13,11-19)12-25-17(23)20(21,22)26-27-28/h2-5,13-14,28H,6-12H2,1H3. The maximum Gasteiger partial charge on any atom is 0.483 e. The quantitative estimate of drug-likeness (QED) is 0.235. The van der Waals surface area contributed by atoms with E-state index < -0.39 is 12.1 Å². The van der Waals surface area contributed by atoms with Crippen LogP contribution >= 0.6 is 12.9 Å². The van der Waals surface area contributed by atoms with Crippen LogP contribution in [-0.2, 0) is 24.2 Å². The molecule has 1 aromatic rings. The number of benzene rings is 1. The molecule has 5 rings (SSSR count). The summed E-state index contributed by atoms with van der Waals surface area (Å²) in [6.07, 6.45) is 1.84. The molecule has 0 radical (unpaired) electrons. The van der Waals surface area contributed by atoms with Crippen LogP contribution in [0.5, 0.6) is 5.75 Å². The number of hydrogen-bond acceptors (Lipinski definition) is 6. The SMILES string of the molecule is COc1ccc(C23CC4CC(CC(COC(=O)C(F)(F)OOS)(C4)C2)C3)cc1. The van der Waals surface area contributed by atoms with Crippen molar-refractivity contribution in [2.24, 2.45) is 17.3 Å². The lowest BCUT2D eigenvalue weighted by Gasteiger charge is -2.62. The maximum atomic E-state index is 13.5. The molecule has 4 aliphatic rings. The summed E-state index contributed by atoms with van der Waals surface area (Å²) in [6, 6.07) is 8.15. The number of esters is 1. The van der Waals surface area contributed by atoms with E-state index in [0.717, 1.165) is 37.9 Å². The Balaban J connectivity index is 1.53. The van der Waals surface area contributed by atoms with Crippen LogP contribution in [0.1, 0.15) is 44.1 Å². The summed E-state index contributed by atoms with van der Waals surface area (Å²) in [5.41, 5.74) is 1.00. The second kappa shape index (κ2) is 7.15. The molecule has 8 heteroatoms. The van der Waals surface area contributed by atoms with Crippen molar-refractivity contribution in [2.75, 3.05) is 13.7 Å². The molecule has 0 spiro atoms. The minimum atomic E-state index is -4.17. The van der Waals surface area contributed by atoms with Crippen LogP contribution in [0.2, 0.25) is 0 Å². The van der Waals surface area contributed by atoms with Crippen molar-refractivity contribution < 1.29 is 32.3 Å². The second-order valence-electron chi connectivity index (χ2n) is 8.72. The van der Waals surface area contributed by atoms with Gasteiger partial charge < -0.3 is 9.47 Å². The Kier molecular flexibility index (Phi) is 5.08. The van der Waals surface area contributed by atoms with Gasteiger partial charge in [-0.25, -0.2) is 4.79 Å². The predicted octanol–water partition coefficient (Wildman–Crippen LogP) is 4.46. The number of thiol groups is 1. The number of halogens is 2. The van der Waals surface area contributed by atoms with Gasteiger partial charge in [0, 0.05) is 18.3 Å². The van der Waals surface area contributed by atoms with E-state index in [0.29, 0.717) is 11.8 Å². The van der Waals surface area contributed by atoms with Gasteiger partial charge in [-0.05, 0) is 73.5 Å². The Labute approximate surface area is 168 Å². The van der Waals surface area contributed by atoms with Crippen molar-refractivity contribution in [3.05, 3.63) is 29.8 Å². The van der Waals surface area contributed by atoms with Crippen LogP contribution in [0.3, 0.4) is 0 Å². The zero-order valence-electron chi connectivity index (χ0n) is 15.7. The van der Waals surface area contributed by atoms with Gasteiger partial charge in [-0.2, -0.15) is 13.1 Å². The van der Waals surface area contributed by atoms with E-state index in [9.17, 15) is 13.6 Å². The zero-order chi connectivity index (χ0) is 20.0. The van der Waals surface area contributed by atoms with Crippen molar-refractivity contribution in [3.63, 3.8) is 0 Å². The highest BCUT2D eigenvalue weighted by Crippen LogP contribution is 2.65. The Morgan fingerprint density at radius 2 is 1.82 bits per heavy atom. The second-order valence-corrected chi connectivity index (χ2v) is 8.87. The normalized spacial score (nSPS) is 33.7. The molecule has 0 aliphatic heterocycles. The van der Waals surface area contributed by atoms with Crippen LogP contribution in [0.25, 0.3) is 0 Å². The Morgan fingerprint density at radius 1 is 1.18 bits per heavy atom. The highest BCUT2D eigenvalue weighted by atomic mass is 32.1. The molecular weight excluding hydrogens is 390 g/mol. The first kappa shape index (κ1) is 19.9. The van der Waals surface area contributed by atoms with Gasteiger partial charge in [0.05, 0.1) is 13.7 Å². The molecule has 0 amide bonds. The van der Waals surface area contributed by atoms with E-state index >= 15 is 0 Å². The average Bonchev–Trinajstić information content (AvgIpc) is 2.65. The molecule has 4 saturated carbocycles. The van der Waals surface area contributed by atoms with E-state index in [-0.39, 0.29) is 17.4 Å². The fourth-order valence-corrected chi connectivity index (χ4v) is 6.38. The highest BCUT2D eigenvalue weighted by molar-refractivity contribution is 7.74. The molecule has 0 aromatic heterocycles. The van der Waals surface area contributed by atoms with Gasteiger partial charge in [-0.15, -0.1) is 4.89 Å². The maximum absolute atomic E-state index is 13.5. The molecule has 4 fully saturated rings. The van der Waals surface area contributed by atoms with Gasteiger partial charge in [0.2, 0.25) is 0 Å². The van der Waals surface area contributed by atoms with Crippen molar-refractivity contribution in [3.8, 4) is 5.75 Å². The van der Waals surface area contributed by atoms with Gasteiger partial charge in [0.15, 0.2) is 0 Å². The van der Waals surface area contributed by atoms with Crippen LogP contribution in [0, 0.1) is 17.3 Å². The zero-order valence-corrected chi connectivity index (χ0v) is 16.6. The van der Waals surface area contributed by atoms with E-state index in [1.807, 2.05) is 12.1 Å². The number of alkyl halides is 2. The lowest BCUT2D eigenvalue weighted by atomic mass is 9.43. The fraction of sp³-hybridized carbons (Fsp3) is 0.650. The van der Waals surface area contributed by atoms with Crippen molar-refractivity contribution in [2.45, 2.75) is 50.0 Å². The van der Waals surface area contributed by atoms with E-state index in [1.54, 1.807) is 7.11 Å². The van der Waals surface area contributed by atoms with Crippen molar-refractivity contribution in [1.82, 2.24) is 0 Å². The summed E-state index contributed by atoms with van der Waals surface area (Å²) in [5, 5.41) is 0. The summed E-state index contributed by atoms with van der Waals surface area (Å²) in [5.74, 6) is 0.126. The molecule has 0 heterocycles. The molecule has 4 aliphatic carbocycles. The number of methoxy groups -OCH3 is 1. The van der Waals surface area contributed by atoms with Crippen LogP contribution in [0.4, 0.5) is 8.78 Å². The third-order valence-corrected chi connectivity index (χ3v) is 6.85. The predicted molar refractivity (Wildman–Crippen MR) is 98.8 cm³/mol. The first-order valence-electron chi connectivity index (χ1n) is 9.49. The number of rotatable bonds is 7. The van der Waals surface area contributed by atoms with Crippen molar-refractivity contribution >= 4 is 18.9 Å². The van der Waals surface area contributed by atoms with Crippen LogP contribution in [0.15, 0.2) is 24.3 Å². The van der Waals surface area contributed by atoms with E-state index in [2.05, 4.69) is 34.3 Å². The molecular formula is C20H24F2O5S. The number of carbonyl (C=O) groups is 1. The smallest absolute Gasteiger partial charge is 0.483 e. The minimum Gasteiger partial charge on any atom is -0.497 e. The third-order valence-electron chi connectivity index (χ3n) is 6.77. The summed E-state index contributed by atoms with van der Waals surface area (Å²) in [7, 11) is 1.64. The Bertz CT molecular complexity index is 725. The van der Waals surface area contributed by atoms with Crippen LogP contribution < -0.4 is 4.74 Å². The molecule has 154 valence electrons. The first-order chi connectivity index (χ1) is 13.3. The average molecular weight is 414 g/mol. The lowest BCUT2D eigenvalue weighted by Crippen LogP contribution is -2.56. The van der Waals surface area contributed by atoms with Gasteiger partial charge in [-0.1, -0.05) is 12.1 Å². The Hall–Kier alpha value is -1.38. The molecule has 5 nitrogen and oxygen atoms in total. The lowest BCUT2D eigenvalue weighted by molar-refractivity contribution is -0.369. The Morgan fingerprint density at radius 3 is 2.39 bits per heavy atom. The summed E-state index contributed by atoms with van der Waals surface area (Å²) in [4.78, 5) is 15.4. The topological polar surface area (TPSA) is 54.0 Å². The first-order valence-corrected chi connectivity index (χ1v) is 9.85. The van der Waals surface area contributed by atoms with Gasteiger partial charge >= 0.3 is 12.1 Å². The van der Waals surface area contributed by atoms with Gasteiger partial charge in [0.25, 0.3) is 0 Å². The molecule has 4 bridgehead atoms. The highest BCUT2D eigenvalue weighted by Gasteiger charge is 2.59. The summed E-state index contributed by atoms with van der Waals surface area (Å²) in [6.45, 7) is -0.0255. The van der Waals surface area contributed by atoms with Crippen molar-refractivity contribution in [1.29, 1.82) is 0 Å². The summed E-state index contributed by atoms with van der Waals surface area (Å²) >= 11 is 3.10. The van der Waals surface area contributed by atoms with Crippen LogP contribution in [-0.4, -0.2) is 25.8 Å². The van der Waals surface area contributed by atoms with Gasteiger partial charge in [0.1, 0.15) is 5.75 Å². The van der Waals surface area contributed by atoms with Gasteiger partial charge in [-0.3, -0.25) is 0 Å². The molecule has 2 atom stereocenters. The molecule has 1 aromatic carbocycles. The molecule has 28 heavy (non-hydrogen) atoms. The van der Waals surface area contributed by atoms with E-state index in [1.165, 1.54) is 12.0 Å². The van der Waals surface area contributed by atoms with E-state index in [4.69, 9.17) is 9.47 Å². The summed E-state index contributed by atoms with van der Waals surface area (Å²) < 4.78 is 40.9. The monoisotopic (exact) mass is 414 g/mol. The number of hydrogen-bond donors (Lipinski definition) is 1. The molecule has 0 N–H and O–H groups in total. The largest absolute Gasteiger partial charge is 0.497 e. The third kappa shape index (κ3) is 3.50.